The summed E-state index contributed by atoms with van der Waals surface area (Å²) < 4.78 is 0. The Hall–Kier alpha value is -2.16. The molecule has 0 fully saturated rings. The highest BCUT2D eigenvalue weighted by molar-refractivity contribution is 5.70. The van der Waals surface area contributed by atoms with Gasteiger partial charge in [0.15, 0.2) is 5.65 Å². The van der Waals surface area contributed by atoms with Gasteiger partial charge >= 0.3 is 0 Å². The summed E-state index contributed by atoms with van der Waals surface area (Å²) in [6, 6.07) is 12.8. The van der Waals surface area contributed by atoms with E-state index in [4.69, 9.17) is 0 Å². The van der Waals surface area contributed by atoms with Crippen LogP contribution >= 0.6 is 0 Å². The number of hydrogen-bond acceptors (Lipinski definition) is 2. The second-order valence-electron chi connectivity index (χ2n) is 5.32. The molecule has 3 aromatic rings. The fourth-order valence-electron chi connectivity index (χ4n) is 2.95. The Morgan fingerprint density at radius 3 is 2.47 bits per heavy atom. The van der Waals surface area contributed by atoms with Crippen LogP contribution in [0.2, 0.25) is 0 Å². The minimum atomic E-state index is 0.465. The molecule has 0 spiro atoms. The van der Waals surface area contributed by atoms with Crippen LogP contribution in [0.1, 0.15) is 28.6 Å². The Bertz CT molecular complexity index is 733. The Balaban J connectivity index is 1.73. The summed E-state index contributed by atoms with van der Waals surface area (Å²) in [6.07, 6.45) is 2.16. The van der Waals surface area contributed by atoms with Crippen molar-refractivity contribution in [2.75, 3.05) is 0 Å². The molecule has 0 saturated carbocycles. The zero-order valence-electron chi connectivity index (χ0n) is 10.9. The van der Waals surface area contributed by atoms with Crippen molar-refractivity contribution >= 4 is 11.2 Å². The van der Waals surface area contributed by atoms with Gasteiger partial charge in [-0.2, -0.15) is 0 Å². The average molecular weight is 249 g/mol. The number of benzene rings is 1. The summed E-state index contributed by atoms with van der Waals surface area (Å²) in [5, 5.41) is 0. The quantitative estimate of drug-likeness (QED) is 0.719. The van der Waals surface area contributed by atoms with Crippen LogP contribution in [0, 0.1) is 6.92 Å². The molecule has 1 aliphatic carbocycles. The highest BCUT2D eigenvalue weighted by Gasteiger charge is 2.25. The number of nitrogens with one attached hydrogen (secondary N) is 1. The lowest BCUT2D eigenvalue weighted by molar-refractivity contribution is 0.696. The molecule has 0 atom stereocenters. The van der Waals surface area contributed by atoms with Crippen molar-refractivity contribution in [3.63, 3.8) is 0 Å². The summed E-state index contributed by atoms with van der Waals surface area (Å²) in [5.41, 5.74) is 5.80. The van der Waals surface area contributed by atoms with E-state index < -0.39 is 0 Å². The molecule has 0 saturated heterocycles. The zero-order valence-corrected chi connectivity index (χ0v) is 10.9. The smallest absolute Gasteiger partial charge is 0.177 e. The summed E-state index contributed by atoms with van der Waals surface area (Å²) in [5.74, 6) is 1.54. The lowest BCUT2D eigenvalue weighted by atomic mass is 10.1. The van der Waals surface area contributed by atoms with Gasteiger partial charge in [0.05, 0.1) is 5.52 Å². The molecule has 2 heterocycles. The van der Waals surface area contributed by atoms with Gasteiger partial charge in [-0.25, -0.2) is 9.97 Å². The topological polar surface area (TPSA) is 41.6 Å². The maximum Gasteiger partial charge on any atom is 0.177 e. The Morgan fingerprint density at radius 1 is 1.00 bits per heavy atom. The monoisotopic (exact) mass is 249 g/mol. The lowest BCUT2D eigenvalue weighted by Crippen LogP contribution is -2.00. The van der Waals surface area contributed by atoms with E-state index in [0.29, 0.717) is 5.92 Å². The van der Waals surface area contributed by atoms with Gasteiger partial charge in [0.2, 0.25) is 0 Å². The van der Waals surface area contributed by atoms with Gasteiger partial charge < -0.3 is 4.98 Å². The number of hydrogen-bond donors (Lipinski definition) is 1. The van der Waals surface area contributed by atoms with Crippen molar-refractivity contribution in [1.82, 2.24) is 15.0 Å². The molecular formula is C16H15N3. The van der Waals surface area contributed by atoms with E-state index in [9.17, 15) is 0 Å². The standard InChI is InChI=1S/C16H15N3/c1-10-6-7-14-16(17-10)19-15(18-14)13-8-11-4-2-3-5-12(11)9-13/h2-7,13H,8-9H2,1H3,(H,17,18,19). The van der Waals surface area contributed by atoms with Crippen LogP contribution < -0.4 is 0 Å². The molecule has 0 radical (unpaired) electrons. The third-order valence-corrected chi connectivity index (χ3v) is 3.94. The number of rotatable bonds is 1. The van der Waals surface area contributed by atoms with Crippen molar-refractivity contribution in [1.29, 1.82) is 0 Å². The molecule has 3 nitrogen and oxygen atoms in total. The number of H-pyrrole nitrogens is 1. The summed E-state index contributed by atoms with van der Waals surface area (Å²) in [7, 11) is 0. The van der Waals surface area contributed by atoms with E-state index in [1.807, 2.05) is 13.0 Å². The van der Waals surface area contributed by atoms with Crippen LogP contribution in [0.25, 0.3) is 11.2 Å². The highest BCUT2D eigenvalue weighted by atomic mass is 15.0. The zero-order chi connectivity index (χ0) is 12.8. The Kier molecular flexibility index (Phi) is 2.21. The van der Waals surface area contributed by atoms with E-state index in [1.165, 1.54) is 11.1 Å². The predicted molar refractivity (Wildman–Crippen MR) is 75.2 cm³/mol. The molecule has 1 aliphatic rings. The third-order valence-electron chi connectivity index (χ3n) is 3.94. The van der Waals surface area contributed by atoms with Crippen molar-refractivity contribution in [2.24, 2.45) is 0 Å². The number of nitrogens with zero attached hydrogens (tertiary/aromatic N) is 2. The van der Waals surface area contributed by atoms with Crippen molar-refractivity contribution in [3.8, 4) is 0 Å². The van der Waals surface area contributed by atoms with Crippen LogP contribution in [0.3, 0.4) is 0 Å². The first-order valence-corrected chi connectivity index (χ1v) is 6.69. The van der Waals surface area contributed by atoms with Crippen molar-refractivity contribution in [3.05, 3.63) is 59.0 Å². The first-order valence-electron chi connectivity index (χ1n) is 6.69. The number of aromatic nitrogens is 3. The minimum absolute atomic E-state index is 0.465. The van der Waals surface area contributed by atoms with Crippen LogP contribution in [-0.4, -0.2) is 15.0 Å². The largest absolute Gasteiger partial charge is 0.340 e. The number of aryl methyl sites for hydroxylation is 1. The van der Waals surface area contributed by atoms with Gasteiger partial charge in [0, 0.05) is 11.6 Å². The predicted octanol–water partition coefficient (Wildman–Crippen LogP) is 3.15. The first kappa shape index (κ1) is 10.7. The van der Waals surface area contributed by atoms with E-state index in [1.54, 1.807) is 0 Å². The summed E-state index contributed by atoms with van der Waals surface area (Å²) >= 11 is 0. The molecule has 4 rings (SSSR count). The fraction of sp³-hybridized carbons (Fsp3) is 0.250. The van der Waals surface area contributed by atoms with Gasteiger partial charge in [0.25, 0.3) is 0 Å². The number of aromatic amines is 1. The molecule has 0 aliphatic heterocycles. The number of fused-ring (bicyclic) bond motifs is 2. The molecule has 1 aromatic carbocycles. The van der Waals surface area contributed by atoms with E-state index >= 15 is 0 Å². The van der Waals surface area contributed by atoms with Crippen molar-refractivity contribution in [2.45, 2.75) is 25.7 Å². The maximum absolute atomic E-state index is 4.67. The molecule has 19 heavy (non-hydrogen) atoms. The normalized spacial score (nSPS) is 15.0. The Morgan fingerprint density at radius 2 is 1.74 bits per heavy atom. The molecule has 1 N–H and O–H groups in total. The molecule has 0 amide bonds. The van der Waals surface area contributed by atoms with Crippen LogP contribution in [0.4, 0.5) is 0 Å². The summed E-state index contributed by atoms with van der Waals surface area (Å²) in [6.45, 7) is 2.00. The van der Waals surface area contributed by atoms with Gasteiger partial charge in [0.1, 0.15) is 5.82 Å². The first-order chi connectivity index (χ1) is 9.29. The van der Waals surface area contributed by atoms with Gasteiger partial charge in [-0.3, -0.25) is 0 Å². The van der Waals surface area contributed by atoms with Crippen LogP contribution in [0.5, 0.6) is 0 Å². The van der Waals surface area contributed by atoms with E-state index in [0.717, 1.165) is 35.5 Å². The van der Waals surface area contributed by atoms with Gasteiger partial charge in [-0.1, -0.05) is 24.3 Å². The molecular weight excluding hydrogens is 234 g/mol. The van der Waals surface area contributed by atoms with E-state index in [2.05, 4.69) is 45.3 Å². The fourth-order valence-corrected chi connectivity index (χ4v) is 2.95. The minimum Gasteiger partial charge on any atom is -0.340 e. The molecule has 94 valence electrons. The lowest BCUT2D eigenvalue weighted by Gasteiger charge is -2.03. The third kappa shape index (κ3) is 1.73. The van der Waals surface area contributed by atoms with Crippen molar-refractivity contribution < 1.29 is 0 Å². The number of pyridine rings is 1. The van der Waals surface area contributed by atoms with Crippen LogP contribution in [-0.2, 0) is 12.8 Å². The van der Waals surface area contributed by atoms with Gasteiger partial charge in [-0.15, -0.1) is 0 Å². The van der Waals surface area contributed by atoms with E-state index in [-0.39, 0.29) is 0 Å². The molecule has 0 bridgehead atoms. The van der Waals surface area contributed by atoms with Gasteiger partial charge in [-0.05, 0) is 43.0 Å². The average Bonchev–Trinajstić information content (AvgIpc) is 3.00. The second kappa shape index (κ2) is 3.92. The second-order valence-corrected chi connectivity index (χ2v) is 5.32. The maximum atomic E-state index is 4.67. The molecule has 2 aromatic heterocycles. The SMILES string of the molecule is Cc1ccc2[nH]c(C3Cc4ccccc4C3)nc2n1. The van der Waals surface area contributed by atoms with Crippen LogP contribution in [0.15, 0.2) is 36.4 Å². The summed E-state index contributed by atoms with van der Waals surface area (Å²) in [4.78, 5) is 12.6. The highest BCUT2D eigenvalue weighted by Crippen LogP contribution is 2.32. The number of imidazole rings is 1. The molecule has 0 unspecified atom stereocenters. The molecule has 3 heteroatoms. The Labute approximate surface area is 111 Å².